The van der Waals surface area contributed by atoms with Crippen molar-refractivity contribution in [3.8, 4) is 11.5 Å². The summed E-state index contributed by atoms with van der Waals surface area (Å²) < 4.78 is 6.89. The van der Waals surface area contributed by atoms with Crippen LogP contribution in [-0.2, 0) is 21.1 Å². The van der Waals surface area contributed by atoms with Gasteiger partial charge in [-0.05, 0) is 62.1 Å². The number of pyridine rings is 2. The summed E-state index contributed by atoms with van der Waals surface area (Å²) >= 11 is 6.27. The monoisotopic (exact) mass is 639 g/mol. The average molecular weight is 640 g/mol. The summed E-state index contributed by atoms with van der Waals surface area (Å²) in [7, 11) is 5.38. The summed E-state index contributed by atoms with van der Waals surface area (Å²) in [6, 6.07) is 9.20. The van der Waals surface area contributed by atoms with E-state index in [1.54, 1.807) is 59.7 Å². The number of nitrogens with one attached hydrogen (secondary N) is 1. The van der Waals surface area contributed by atoms with E-state index < -0.39 is 0 Å². The Morgan fingerprint density at radius 2 is 1.85 bits per heavy atom. The van der Waals surface area contributed by atoms with Crippen LogP contribution in [0.5, 0.6) is 0 Å². The lowest BCUT2D eigenvalue weighted by atomic mass is 9.95. The second kappa shape index (κ2) is 11.4. The van der Waals surface area contributed by atoms with Gasteiger partial charge in [0.05, 0.1) is 17.9 Å². The molecule has 0 saturated carbocycles. The number of anilines is 1. The van der Waals surface area contributed by atoms with Crippen LogP contribution in [-0.4, -0.2) is 67.8 Å². The maximum atomic E-state index is 13.9. The van der Waals surface area contributed by atoms with Crippen molar-refractivity contribution in [3.63, 3.8) is 0 Å². The van der Waals surface area contributed by atoms with Crippen molar-refractivity contribution in [2.24, 2.45) is 21.1 Å². The zero-order chi connectivity index (χ0) is 32.3. The quantitative estimate of drug-likeness (QED) is 0.265. The number of aromatic nitrogens is 9. The minimum absolute atomic E-state index is 0.0264. The molecule has 1 atom stereocenters. The molecule has 1 N–H and O–H groups in total. The summed E-state index contributed by atoms with van der Waals surface area (Å²) in [6.07, 6.45) is 6.56. The van der Waals surface area contributed by atoms with Gasteiger partial charge in [0.2, 0.25) is 5.82 Å². The van der Waals surface area contributed by atoms with E-state index in [0.29, 0.717) is 40.8 Å². The summed E-state index contributed by atoms with van der Waals surface area (Å²) in [6.45, 7) is 5.23. The molecule has 7 rings (SSSR count). The molecule has 5 aromatic heterocycles. The summed E-state index contributed by atoms with van der Waals surface area (Å²) in [5.74, 6) is 0.431. The lowest BCUT2D eigenvalue weighted by Gasteiger charge is -2.32. The second-order valence-electron chi connectivity index (χ2n) is 12.0. The van der Waals surface area contributed by atoms with E-state index in [4.69, 9.17) is 16.7 Å². The Morgan fingerprint density at radius 3 is 2.54 bits per heavy atom. The number of carbonyl (C=O) groups is 1. The van der Waals surface area contributed by atoms with Crippen LogP contribution in [0, 0.1) is 6.92 Å². The minimum Gasteiger partial charge on any atom is -0.377 e. The van der Waals surface area contributed by atoms with Gasteiger partial charge in [-0.2, -0.15) is 10.2 Å². The fourth-order valence-corrected chi connectivity index (χ4v) is 6.72. The van der Waals surface area contributed by atoms with Gasteiger partial charge in [-0.1, -0.05) is 17.7 Å². The van der Waals surface area contributed by atoms with Crippen molar-refractivity contribution in [1.29, 1.82) is 0 Å². The lowest BCUT2D eigenvalue weighted by molar-refractivity contribution is 0.0680. The molecule has 13 nitrogen and oxygen atoms in total. The highest BCUT2D eigenvalue weighted by molar-refractivity contribution is 6.29. The van der Waals surface area contributed by atoms with E-state index in [1.807, 2.05) is 34.8 Å². The van der Waals surface area contributed by atoms with Crippen molar-refractivity contribution in [2.75, 3.05) is 18.4 Å². The minimum atomic E-state index is -0.229. The number of fused-ring (bicyclic) bond motifs is 3. The lowest BCUT2D eigenvalue weighted by Crippen LogP contribution is -2.40. The molecule has 1 aliphatic rings. The molecule has 6 heterocycles. The number of amides is 1. The number of aryl methyl sites for hydroxylation is 4. The molecule has 6 aromatic rings. The highest BCUT2D eigenvalue weighted by Gasteiger charge is 2.29. The first-order valence-electron chi connectivity index (χ1n) is 15.2. The largest absolute Gasteiger partial charge is 0.377 e. The molecule has 0 aliphatic carbocycles. The average Bonchev–Trinajstić information content (AvgIpc) is 3.80. The van der Waals surface area contributed by atoms with Gasteiger partial charge < -0.3 is 10.2 Å². The van der Waals surface area contributed by atoms with E-state index in [2.05, 4.69) is 38.5 Å². The molecule has 0 bridgehead atoms. The molecule has 1 saturated heterocycles. The SMILES string of the molecule is Cc1cc(C(C)Nc2ccc(Cl)nc2-c2ncn(C)n2)c2c(c1)c(=O)n(C)c1c2cnn1C1CCN(C(=O)c2ccnn2C)CC1. The van der Waals surface area contributed by atoms with E-state index in [9.17, 15) is 9.59 Å². The van der Waals surface area contributed by atoms with Gasteiger partial charge in [0, 0.05) is 62.6 Å². The molecule has 1 amide bonds. The van der Waals surface area contributed by atoms with Crippen LogP contribution >= 0.6 is 11.6 Å². The molecule has 0 radical (unpaired) electrons. The van der Waals surface area contributed by atoms with Crippen LogP contribution in [0.25, 0.3) is 33.3 Å². The Balaban J connectivity index is 1.26. The number of halogens is 1. The van der Waals surface area contributed by atoms with Crippen LogP contribution in [0.1, 0.15) is 53.5 Å². The number of carbonyl (C=O) groups excluding carboxylic acids is 1. The number of likely N-dealkylation sites (tertiary alicyclic amines) is 1. The molecule has 1 aliphatic heterocycles. The van der Waals surface area contributed by atoms with Gasteiger partial charge >= 0.3 is 0 Å². The van der Waals surface area contributed by atoms with E-state index in [-0.39, 0.29) is 23.6 Å². The van der Waals surface area contributed by atoms with Crippen molar-refractivity contribution >= 4 is 45.0 Å². The molecule has 1 fully saturated rings. The van der Waals surface area contributed by atoms with Crippen molar-refractivity contribution in [3.05, 3.63) is 81.4 Å². The molecule has 14 heteroatoms. The molecular weight excluding hydrogens is 606 g/mol. The standard InChI is InChI=1S/C32H34ClN11O2/c1-18-14-21(19(2)37-24-6-7-26(33)38-28(24)29-34-17-40(3)39-29)27-22(15-18)31(45)41(4)30-23(27)16-36-44(30)20-9-12-43(13-10-20)32(46)25-8-11-35-42(25)5/h6-8,11,14-17,19-20,37H,9-10,12-13H2,1-5H3. The van der Waals surface area contributed by atoms with Crippen molar-refractivity contribution < 1.29 is 4.79 Å². The molecule has 0 spiro atoms. The fourth-order valence-electron chi connectivity index (χ4n) is 6.58. The van der Waals surface area contributed by atoms with Crippen molar-refractivity contribution in [2.45, 2.75) is 38.8 Å². The van der Waals surface area contributed by atoms with Crippen LogP contribution in [0.15, 0.2) is 53.8 Å². The maximum Gasteiger partial charge on any atom is 0.272 e. The summed E-state index contributed by atoms with van der Waals surface area (Å²) in [5.41, 5.74) is 4.45. The normalized spacial score (nSPS) is 14.8. The zero-order valence-corrected chi connectivity index (χ0v) is 27.0. The first-order chi connectivity index (χ1) is 22.1. The van der Waals surface area contributed by atoms with Gasteiger partial charge in [-0.25, -0.2) is 14.6 Å². The Bertz CT molecular complexity index is 2190. The third-order valence-corrected chi connectivity index (χ3v) is 9.06. The molecule has 1 unspecified atom stereocenters. The van der Waals surface area contributed by atoms with Gasteiger partial charge in [-0.15, -0.1) is 5.10 Å². The number of hydrogen-bond donors (Lipinski definition) is 1. The van der Waals surface area contributed by atoms with Crippen LogP contribution in [0.3, 0.4) is 0 Å². The third kappa shape index (κ3) is 5.00. The Labute approximate surface area is 269 Å². The number of nitrogens with zero attached hydrogens (tertiary/aromatic N) is 10. The van der Waals surface area contributed by atoms with Gasteiger partial charge in [0.25, 0.3) is 11.5 Å². The maximum absolute atomic E-state index is 13.9. The van der Waals surface area contributed by atoms with Gasteiger partial charge in [0.15, 0.2) is 0 Å². The predicted octanol–water partition coefficient (Wildman–Crippen LogP) is 4.42. The van der Waals surface area contributed by atoms with Crippen LogP contribution < -0.4 is 10.9 Å². The molecular formula is C32H34ClN11O2. The second-order valence-corrected chi connectivity index (χ2v) is 12.4. The smallest absolute Gasteiger partial charge is 0.272 e. The third-order valence-electron chi connectivity index (χ3n) is 8.85. The highest BCUT2D eigenvalue weighted by Crippen LogP contribution is 2.36. The first-order valence-corrected chi connectivity index (χ1v) is 15.6. The zero-order valence-electron chi connectivity index (χ0n) is 26.3. The summed E-state index contributed by atoms with van der Waals surface area (Å²) in [4.78, 5) is 37.8. The number of benzene rings is 1. The number of piperidine rings is 1. The first kappa shape index (κ1) is 29.7. The van der Waals surface area contributed by atoms with Crippen LogP contribution in [0.4, 0.5) is 5.69 Å². The highest BCUT2D eigenvalue weighted by atomic mass is 35.5. The van der Waals surface area contributed by atoms with E-state index >= 15 is 0 Å². The predicted molar refractivity (Wildman–Crippen MR) is 176 cm³/mol. The topological polar surface area (TPSA) is 134 Å². The molecule has 1 aromatic carbocycles. The molecule has 236 valence electrons. The van der Waals surface area contributed by atoms with Gasteiger partial charge in [0.1, 0.15) is 28.5 Å². The summed E-state index contributed by atoms with van der Waals surface area (Å²) in [5, 5.41) is 19.7. The Morgan fingerprint density at radius 1 is 1.07 bits per heavy atom. The van der Waals surface area contributed by atoms with E-state index in [0.717, 1.165) is 46.1 Å². The number of rotatable bonds is 6. The van der Waals surface area contributed by atoms with Crippen LogP contribution in [0.2, 0.25) is 5.15 Å². The van der Waals surface area contributed by atoms with Gasteiger partial charge in [-0.3, -0.25) is 23.5 Å². The van der Waals surface area contributed by atoms with E-state index in [1.165, 1.54) is 0 Å². The molecule has 46 heavy (non-hydrogen) atoms. The van der Waals surface area contributed by atoms with Crippen molar-refractivity contribution in [1.82, 2.24) is 48.8 Å². The Hall–Kier alpha value is -5.04. The Kier molecular flexibility index (Phi) is 7.35. The number of hydrogen-bond acceptors (Lipinski definition) is 8. The fraction of sp³-hybridized carbons (Fsp3) is 0.344.